The first-order chi connectivity index (χ1) is 5.59. The largest absolute Gasteiger partial charge is 0.333 e. The van der Waals surface area contributed by atoms with Crippen molar-refractivity contribution in [3.05, 3.63) is 12.4 Å². The minimum absolute atomic E-state index is 0.266. The third-order valence-corrected chi connectivity index (χ3v) is 1.12. The van der Waals surface area contributed by atoms with Gasteiger partial charge in [0.1, 0.15) is 0 Å². The summed E-state index contributed by atoms with van der Waals surface area (Å²) in [6, 6.07) is 0. The van der Waals surface area contributed by atoms with Crippen LogP contribution in [-0.4, -0.2) is 15.7 Å². The number of hydrogen-bond donors (Lipinski definition) is 1. The van der Waals surface area contributed by atoms with Crippen molar-refractivity contribution in [2.45, 2.75) is 13.5 Å². The third-order valence-electron chi connectivity index (χ3n) is 1.12. The Morgan fingerprint density at radius 1 is 1.75 bits per heavy atom. The molecule has 0 saturated heterocycles. The lowest BCUT2D eigenvalue weighted by Gasteiger charge is -1.96. The minimum atomic E-state index is -2.67. The summed E-state index contributed by atoms with van der Waals surface area (Å²) in [4.78, 5) is 10.5. The molecule has 1 aromatic heterocycles. The highest BCUT2D eigenvalue weighted by Crippen LogP contribution is 2.12. The average molecular weight is 175 g/mol. The zero-order valence-electron chi connectivity index (χ0n) is 6.29. The maximum atomic E-state index is 11.9. The Morgan fingerprint density at radius 2 is 2.42 bits per heavy atom. The molecule has 0 fully saturated rings. The van der Waals surface area contributed by atoms with Crippen molar-refractivity contribution in [2.75, 3.05) is 5.32 Å². The molecule has 66 valence electrons. The molecule has 0 saturated carbocycles. The maximum absolute atomic E-state index is 11.9. The lowest BCUT2D eigenvalue weighted by atomic mass is 10.5. The van der Waals surface area contributed by atoms with Crippen molar-refractivity contribution in [3.8, 4) is 0 Å². The van der Waals surface area contributed by atoms with E-state index in [2.05, 4.69) is 10.4 Å². The van der Waals surface area contributed by atoms with Crippen molar-refractivity contribution in [2.24, 2.45) is 0 Å². The second-order valence-electron chi connectivity index (χ2n) is 2.17. The Bertz CT molecular complexity index is 284. The van der Waals surface area contributed by atoms with Crippen LogP contribution in [0.5, 0.6) is 0 Å². The molecule has 1 aromatic rings. The Labute approximate surface area is 67.2 Å². The van der Waals surface area contributed by atoms with E-state index in [-0.39, 0.29) is 11.6 Å². The molecule has 12 heavy (non-hydrogen) atoms. The molecule has 0 aliphatic rings. The molecule has 1 rings (SSSR count). The molecule has 0 unspecified atom stereocenters. The van der Waals surface area contributed by atoms with E-state index in [1.807, 2.05) is 0 Å². The van der Waals surface area contributed by atoms with Gasteiger partial charge in [-0.3, -0.25) is 4.79 Å². The lowest BCUT2D eigenvalue weighted by Crippen LogP contribution is -2.04. The predicted octanol–water partition coefficient (Wildman–Crippen LogP) is 1.24. The molecule has 0 aliphatic heterocycles. The second kappa shape index (κ2) is 3.29. The van der Waals surface area contributed by atoms with Gasteiger partial charge in [0.25, 0.3) is 0 Å². The molecule has 0 bridgehead atoms. The summed E-state index contributed by atoms with van der Waals surface area (Å²) in [6.07, 6.45) is 2.22. The number of carbonyl (C=O) groups excluding carboxylic acids is 1. The molecular formula is C6H7F2N3O. The van der Waals surface area contributed by atoms with Gasteiger partial charge in [0, 0.05) is 6.92 Å². The zero-order chi connectivity index (χ0) is 9.14. The van der Waals surface area contributed by atoms with Crippen LogP contribution in [0.1, 0.15) is 13.5 Å². The number of carbonyl (C=O) groups is 1. The fourth-order valence-electron chi connectivity index (χ4n) is 0.713. The van der Waals surface area contributed by atoms with E-state index in [1.165, 1.54) is 6.92 Å². The SMILES string of the molecule is CC(=O)Nc1cnn(C(F)F)c1. The van der Waals surface area contributed by atoms with Crippen molar-refractivity contribution < 1.29 is 13.6 Å². The number of rotatable bonds is 2. The smallest absolute Gasteiger partial charge is 0.324 e. The van der Waals surface area contributed by atoms with Crippen LogP contribution in [0.15, 0.2) is 12.4 Å². The van der Waals surface area contributed by atoms with Crippen molar-refractivity contribution in [3.63, 3.8) is 0 Å². The first-order valence-electron chi connectivity index (χ1n) is 3.19. The van der Waals surface area contributed by atoms with Crippen LogP contribution in [0.3, 0.4) is 0 Å². The molecule has 0 spiro atoms. The standard InChI is InChI=1S/C6H7F2N3O/c1-4(12)10-5-2-9-11(3-5)6(7)8/h2-3,6H,1H3,(H,10,12). The Kier molecular flexibility index (Phi) is 2.37. The van der Waals surface area contributed by atoms with Crippen LogP contribution in [0.25, 0.3) is 0 Å². The number of nitrogens with zero attached hydrogens (tertiary/aromatic N) is 2. The summed E-state index contributed by atoms with van der Waals surface area (Å²) in [7, 11) is 0. The number of amides is 1. The monoisotopic (exact) mass is 175 g/mol. The second-order valence-corrected chi connectivity index (χ2v) is 2.17. The van der Waals surface area contributed by atoms with E-state index < -0.39 is 6.55 Å². The maximum Gasteiger partial charge on any atom is 0.333 e. The summed E-state index contributed by atoms with van der Waals surface area (Å²) in [5.41, 5.74) is 0.266. The molecule has 1 amide bonds. The average Bonchev–Trinajstić information content (AvgIpc) is 2.34. The highest BCUT2D eigenvalue weighted by molar-refractivity contribution is 5.88. The van der Waals surface area contributed by atoms with Crippen LogP contribution in [0, 0.1) is 0 Å². The van der Waals surface area contributed by atoms with E-state index in [0.29, 0.717) is 4.68 Å². The van der Waals surface area contributed by atoms with Crippen LogP contribution in [0.2, 0.25) is 0 Å². The van der Waals surface area contributed by atoms with Crippen LogP contribution in [-0.2, 0) is 4.79 Å². The van der Waals surface area contributed by atoms with Gasteiger partial charge in [0.15, 0.2) is 0 Å². The minimum Gasteiger partial charge on any atom is -0.324 e. The highest BCUT2D eigenvalue weighted by atomic mass is 19.3. The zero-order valence-corrected chi connectivity index (χ0v) is 6.29. The van der Waals surface area contributed by atoms with E-state index >= 15 is 0 Å². The molecule has 6 heteroatoms. The van der Waals surface area contributed by atoms with E-state index in [9.17, 15) is 13.6 Å². The van der Waals surface area contributed by atoms with Crippen LogP contribution in [0.4, 0.5) is 14.5 Å². The number of anilines is 1. The Morgan fingerprint density at radius 3 is 2.83 bits per heavy atom. The fourth-order valence-corrected chi connectivity index (χ4v) is 0.713. The summed E-state index contributed by atoms with van der Waals surface area (Å²) < 4.78 is 24.3. The number of halogens is 2. The highest BCUT2D eigenvalue weighted by Gasteiger charge is 2.07. The van der Waals surface area contributed by atoms with Crippen LogP contribution < -0.4 is 5.32 Å². The lowest BCUT2D eigenvalue weighted by molar-refractivity contribution is -0.114. The summed E-state index contributed by atoms with van der Waals surface area (Å²) in [5, 5.41) is 5.65. The topological polar surface area (TPSA) is 46.9 Å². The number of aromatic nitrogens is 2. The summed E-state index contributed by atoms with van der Waals surface area (Å²) in [6.45, 7) is -1.38. The summed E-state index contributed by atoms with van der Waals surface area (Å²) >= 11 is 0. The Hall–Kier alpha value is -1.46. The quantitative estimate of drug-likeness (QED) is 0.734. The van der Waals surface area contributed by atoms with Gasteiger partial charge in [-0.2, -0.15) is 13.9 Å². The Balaban J connectivity index is 2.70. The first kappa shape index (κ1) is 8.63. The van der Waals surface area contributed by atoms with Gasteiger partial charge < -0.3 is 5.32 Å². The van der Waals surface area contributed by atoms with Gasteiger partial charge in [-0.05, 0) is 0 Å². The third kappa shape index (κ3) is 2.01. The van der Waals surface area contributed by atoms with Gasteiger partial charge in [-0.1, -0.05) is 0 Å². The molecule has 0 radical (unpaired) electrons. The van der Waals surface area contributed by atoms with Gasteiger partial charge in [0.2, 0.25) is 5.91 Å². The van der Waals surface area contributed by atoms with Gasteiger partial charge in [0.05, 0.1) is 18.1 Å². The number of nitrogens with one attached hydrogen (secondary N) is 1. The molecular weight excluding hydrogens is 168 g/mol. The summed E-state index contributed by atoms with van der Waals surface area (Å²) in [5.74, 6) is -0.316. The van der Waals surface area contributed by atoms with Crippen molar-refractivity contribution in [1.82, 2.24) is 9.78 Å². The fraction of sp³-hybridized carbons (Fsp3) is 0.333. The molecule has 0 atom stereocenters. The van der Waals surface area contributed by atoms with Crippen LogP contribution >= 0.6 is 0 Å². The number of alkyl halides is 2. The van der Waals surface area contributed by atoms with Gasteiger partial charge in [-0.15, -0.1) is 0 Å². The van der Waals surface area contributed by atoms with Crippen molar-refractivity contribution >= 4 is 11.6 Å². The van der Waals surface area contributed by atoms with E-state index in [0.717, 1.165) is 12.4 Å². The van der Waals surface area contributed by atoms with Gasteiger partial charge in [-0.25, -0.2) is 4.68 Å². The van der Waals surface area contributed by atoms with Gasteiger partial charge >= 0.3 is 6.55 Å². The van der Waals surface area contributed by atoms with Crippen molar-refractivity contribution in [1.29, 1.82) is 0 Å². The molecule has 0 aromatic carbocycles. The number of hydrogen-bond acceptors (Lipinski definition) is 2. The predicted molar refractivity (Wildman–Crippen MR) is 37.8 cm³/mol. The molecule has 4 nitrogen and oxygen atoms in total. The molecule has 1 heterocycles. The van der Waals surface area contributed by atoms with E-state index in [4.69, 9.17) is 0 Å². The normalized spacial score (nSPS) is 10.3. The molecule has 1 N–H and O–H groups in total. The molecule has 0 aliphatic carbocycles. The van der Waals surface area contributed by atoms with E-state index in [1.54, 1.807) is 0 Å². The first-order valence-corrected chi connectivity index (χ1v) is 3.19.